The first-order valence-corrected chi connectivity index (χ1v) is 10.3. The summed E-state index contributed by atoms with van der Waals surface area (Å²) in [4.78, 5) is 22.6. The largest absolute Gasteiger partial charge is 0.403 e. The zero-order valence-corrected chi connectivity index (χ0v) is 17.4. The topological polar surface area (TPSA) is 153 Å². The Bertz CT molecular complexity index is 976. The number of alkyl halides is 3. The molecular weight excluding hydrogens is 459 g/mol. The van der Waals surface area contributed by atoms with Crippen LogP contribution in [0.5, 0.6) is 0 Å². The fourth-order valence-corrected chi connectivity index (χ4v) is 5.02. The Morgan fingerprint density at radius 3 is 2.31 bits per heavy atom. The molecule has 0 aliphatic heterocycles. The number of nitrogens with two attached hydrogens (primary N) is 2. The summed E-state index contributed by atoms with van der Waals surface area (Å²) in [6, 6.07) is 0.782. The summed E-state index contributed by atoms with van der Waals surface area (Å²) >= 11 is 6.03. The SMILES string of the molecule is CC(C)(O)C(=O)Nc1sc(S(=O)(=O)C(=C/CC(F)(F)F)/C(Cl)=C\N)cc1C(N)=O. The van der Waals surface area contributed by atoms with Crippen molar-refractivity contribution in [3.8, 4) is 0 Å². The Morgan fingerprint density at radius 1 is 1.34 bits per heavy atom. The molecule has 0 radical (unpaired) electrons. The van der Waals surface area contributed by atoms with Gasteiger partial charge in [0.1, 0.15) is 14.8 Å². The average molecular weight is 476 g/mol. The molecule has 0 aliphatic rings. The minimum absolute atomic E-state index is 0.314. The predicted molar refractivity (Wildman–Crippen MR) is 102 cm³/mol. The molecule has 0 saturated heterocycles. The predicted octanol–water partition coefficient (Wildman–Crippen LogP) is 2.21. The summed E-state index contributed by atoms with van der Waals surface area (Å²) < 4.78 is 62.6. The molecule has 1 heterocycles. The van der Waals surface area contributed by atoms with Gasteiger partial charge in [-0.15, -0.1) is 11.3 Å². The van der Waals surface area contributed by atoms with Gasteiger partial charge in [0.05, 0.1) is 21.9 Å². The smallest absolute Gasteiger partial charge is 0.392 e. The fraction of sp³-hybridized carbons (Fsp3) is 0.333. The lowest BCUT2D eigenvalue weighted by Gasteiger charge is -2.16. The molecule has 1 aromatic heterocycles. The molecular formula is C15H17ClF3N3O5S2. The maximum absolute atomic E-state index is 12.8. The molecule has 29 heavy (non-hydrogen) atoms. The number of sulfone groups is 1. The third-order valence-electron chi connectivity index (χ3n) is 3.21. The summed E-state index contributed by atoms with van der Waals surface area (Å²) in [5, 5.41) is 10.9. The Kier molecular flexibility index (Phi) is 7.51. The van der Waals surface area contributed by atoms with E-state index in [2.05, 4.69) is 5.32 Å². The number of amides is 2. The van der Waals surface area contributed by atoms with Crippen molar-refractivity contribution in [2.24, 2.45) is 11.5 Å². The number of thiophene rings is 1. The highest BCUT2D eigenvalue weighted by molar-refractivity contribution is 7.97. The maximum atomic E-state index is 12.8. The van der Waals surface area contributed by atoms with Gasteiger partial charge in [-0.3, -0.25) is 9.59 Å². The third-order valence-corrected chi connectivity index (χ3v) is 7.02. The molecule has 0 aromatic carbocycles. The van der Waals surface area contributed by atoms with E-state index < -0.39 is 59.6 Å². The summed E-state index contributed by atoms with van der Waals surface area (Å²) in [5.74, 6) is -2.09. The highest BCUT2D eigenvalue weighted by Gasteiger charge is 2.33. The van der Waals surface area contributed by atoms with Crippen molar-refractivity contribution in [1.82, 2.24) is 0 Å². The molecule has 1 aromatic rings. The number of carbonyl (C=O) groups is 2. The second-order valence-electron chi connectivity index (χ2n) is 6.09. The van der Waals surface area contributed by atoms with Gasteiger partial charge in [0.25, 0.3) is 11.8 Å². The molecule has 0 spiro atoms. The summed E-state index contributed by atoms with van der Waals surface area (Å²) in [6.07, 6.45) is -5.39. The first kappa shape index (κ1) is 24.9. The number of halogens is 4. The van der Waals surface area contributed by atoms with E-state index in [-0.39, 0.29) is 5.00 Å². The standard InChI is InChI=1S/C15H17ClF3N3O5S2/c1-14(2,25)13(24)22-12-7(11(21)23)5-10(28-12)29(26,27)9(8(16)6-20)3-4-15(17,18)19/h3,5-6,25H,4,20H2,1-2H3,(H2,21,23)(H,22,24)/b8-6+,9-3+. The fourth-order valence-electron chi connectivity index (χ4n) is 1.77. The van der Waals surface area contributed by atoms with Gasteiger partial charge in [-0.25, -0.2) is 8.42 Å². The maximum Gasteiger partial charge on any atom is 0.392 e. The molecule has 2 amide bonds. The van der Waals surface area contributed by atoms with Crippen molar-refractivity contribution in [3.05, 3.63) is 33.8 Å². The van der Waals surface area contributed by atoms with Gasteiger partial charge in [-0.1, -0.05) is 17.7 Å². The first-order chi connectivity index (χ1) is 13.0. The van der Waals surface area contributed by atoms with Crippen LogP contribution in [0.3, 0.4) is 0 Å². The van der Waals surface area contributed by atoms with Crippen LogP contribution in [0.1, 0.15) is 30.6 Å². The molecule has 6 N–H and O–H groups in total. The molecule has 0 atom stereocenters. The van der Waals surface area contributed by atoms with Crippen LogP contribution in [-0.2, 0) is 14.6 Å². The second kappa shape index (κ2) is 8.73. The van der Waals surface area contributed by atoms with Gasteiger partial charge >= 0.3 is 6.18 Å². The summed E-state index contributed by atoms with van der Waals surface area (Å²) in [7, 11) is -4.66. The van der Waals surface area contributed by atoms with E-state index in [1.807, 2.05) is 0 Å². The highest BCUT2D eigenvalue weighted by atomic mass is 35.5. The summed E-state index contributed by atoms with van der Waals surface area (Å²) in [5.41, 5.74) is 8.02. The zero-order valence-electron chi connectivity index (χ0n) is 15.0. The van der Waals surface area contributed by atoms with Gasteiger partial charge in [-0.05, 0) is 19.9 Å². The van der Waals surface area contributed by atoms with E-state index in [0.717, 1.165) is 19.9 Å². The van der Waals surface area contributed by atoms with Crippen molar-refractivity contribution in [3.63, 3.8) is 0 Å². The van der Waals surface area contributed by atoms with Crippen LogP contribution in [0, 0.1) is 0 Å². The number of carbonyl (C=O) groups excluding carboxylic acids is 2. The van der Waals surface area contributed by atoms with Gasteiger partial charge in [0.2, 0.25) is 9.84 Å². The van der Waals surface area contributed by atoms with Crippen molar-refractivity contribution >= 4 is 49.6 Å². The van der Waals surface area contributed by atoms with Crippen LogP contribution in [0.25, 0.3) is 0 Å². The number of hydrogen-bond donors (Lipinski definition) is 4. The van der Waals surface area contributed by atoms with Crippen LogP contribution >= 0.6 is 22.9 Å². The molecule has 8 nitrogen and oxygen atoms in total. The lowest BCUT2D eigenvalue weighted by atomic mass is 10.1. The number of allylic oxidation sites excluding steroid dienone is 2. The van der Waals surface area contributed by atoms with Gasteiger partial charge in [0.15, 0.2) is 0 Å². The Labute approximate surface area is 172 Å². The second-order valence-corrected chi connectivity index (χ2v) is 9.70. The van der Waals surface area contributed by atoms with Crippen LogP contribution < -0.4 is 16.8 Å². The van der Waals surface area contributed by atoms with E-state index in [0.29, 0.717) is 23.6 Å². The first-order valence-electron chi connectivity index (χ1n) is 7.58. The highest BCUT2D eigenvalue weighted by Crippen LogP contribution is 2.38. The molecule has 0 bridgehead atoms. The summed E-state index contributed by atoms with van der Waals surface area (Å²) in [6.45, 7) is 2.28. The van der Waals surface area contributed by atoms with Gasteiger partial charge in [0, 0.05) is 6.20 Å². The van der Waals surface area contributed by atoms with E-state index in [1.54, 1.807) is 0 Å². The van der Waals surface area contributed by atoms with Crippen LogP contribution in [0.15, 0.2) is 32.5 Å². The van der Waals surface area contributed by atoms with Crippen LogP contribution in [-0.4, -0.2) is 37.1 Å². The Balaban J connectivity index is 3.55. The molecule has 0 saturated carbocycles. The normalized spacial score (nSPS) is 14.0. The number of anilines is 1. The van der Waals surface area contributed by atoms with E-state index in [1.165, 1.54) is 0 Å². The molecule has 0 aliphatic carbocycles. The zero-order chi connectivity index (χ0) is 22.8. The van der Waals surface area contributed by atoms with Gasteiger partial charge in [-0.2, -0.15) is 13.2 Å². The van der Waals surface area contributed by atoms with Crippen molar-refractivity contribution in [1.29, 1.82) is 0 Å². The molecule has 1 rings (SSSR count). The number of nitrogens with one attached hydrogen (secondary N) is 1. The number of hydrogen-bond acceptors (Lipinski definition) is 7. The average Bonchev–Trinajstić information content (AvgIpc) is 2.97. The van der Waals surface area contributed by atoms with Crippen molar-refractivity contribution in [2.75, 3.05) is 5.32 Å². The lowest BCUT2D eigenvalue weighted by Crippen LogP contribution is -2.36. The molecule has 0 unspecified atom stereocenters. The van der Waals surface area contributed by atoms with E-state index in [4.69, 9.17) is 23.1 Å². The Hall–Kier alpha value is -2.09. The minimum Gasteiger partial charge on any atom is -0.403 e. The third kappa shape index (κ3) is 6.45. The van der Waals surface area contributed by atoms with Crippen LogP contribution in [0.2, 0.25) is 0 Å². The molecule has 162 valence electrons. The van der Waals surface area contributed by atoms with Crippen molar-refractivity contribution in [2.45, 2.75) is 36.3 Å². The van der Waals surface area contributed by atoms with E-state index >= 15 is 0 Å². The number of rotatable bonds is 7. The minimum atomic E-state index is -4.72. The van der Waals surface area contributed by atoms with Crippen molar-refractivity contribution < 1.29 is 36.3 Å². The van der Waals surface area contributed by atoms with Gasteiger partial charge < -0.3 is 21.9 Å². The van der Waals surface area contributed by atoms with Crippen LogP contribution in [0.4, 0.5) is 18.2 Å². The lowest BCUT2D eigenvalue weighted by molar-refractivity contribution is -0.130. The quantitative estimate of drug-likeness (QED) is 0.443. The molecule has 14 heteroatoms. The van der Waals surface area contributed by atoms with E-state index in [9.17, 15) is 36.3 Å². The molecule has 0 fully saturated rings. The number of aliphatic hydroxyl groups is 1. The number of primary amides is 1. The monoisotopic (exact) mass is 475 g/mol. The Morgan fingerprint density at radius 2 is 1.90 bits per heavy atom.